The maximum absolute atomic E-state index is 12.5. The molecule has 10 heteroatoms. The van der Waals surface area contributed by atoms with Gasteiger partial charge < -0.3 is 29.7 Å². The number of aliphatic hydroxyl groups excluding tert-OH is 1. The number of rotatable bonds is 7. The molecular formula is C20H29N3O7. The molecule has 0 radical (unpaired) electrons. The van der Waals surface area contributed by atoms with Crippen LogP contribution in [0.2, 0.25) is 0 Å². The molecule has 0 saturated carbocycles. The van der Waals surface area contributed by atoms with Crippen LogP contribution in [-0.2, 0) is 22.5 Å². The summed E-state index contributed by atoms with van der Waals surface area (Å²) in [5.41, 5.74) is 2.20. The van der Waals surface area contributed by atoms with Crippen LogP contribution in [0.25, 0.3) is 10.9 Å². The first kappa shape index (κ1) is 25.1. The van der Waals surface area contributed by atoms with Gasteiger partial charge in [0.05, 0.1) is 12.1 Å². The smallest absolute Gasteiger partial charge is 0.341 e. The standard InChI is InChI=1S/C17H20N2O4.C2H6O.CH3NO2/c1-2-23-7-5-18-12-8-11-4-3-6-19-10-14(17(21)22)16(20)13(9-12)15(11)19;1-2-3;1-4-2-3/h8-10,18H,2-7H2,1H3,(H,21,22);3H,2H2,1H3;1H3. The fourth-order valence-electron chi connectivity index (χ4n) is 3.10. The molecular weight excluding hydrogens is 394 g/mol. The highest BCUT2D eigenvalue weighted by molar-refractivity contribution is 5.94. The summed E-state index contributed by atoms with van der Waals surface area (Å²) in [7, 11) is 1.20. The maximum Gasteiger partial charge on any atom is 0.341 e. The lowest BCUT2D eigenvalue weighted by Crippen LogP contribution is -2.22. The van der Waals surface area contributed by atoms with Crippen LogP contribution < -0.4 is 10.7 Å². The van der Waals surface area contributed by atoms with E-state index in [1.807, 2.05) is 22.9 Å². The molecule has 0 spiro atoms. The van der Waals surface area contributed by atoms with Crippen LogP contribution in [0.3, 0.4) is 0 Å². The Morgan fingerprint density at radius 3 is 2.57 bits per heavy atom. The lowest BCUT2D eigenvalue weighted by Gasteiger charge is -2.21. The molecule has 3 rings (SSSR count). The quantitative estimate of drug-likeness (QED) is 0.350. The number of carboxylic acids is 1. The summed E-state index contributed by atoms with van der Waals surface area (Å²) < 4.78 is 7.19. The summed E-state index contributed by atoms with van der Waals surface area (Å²) in [6.45, 7) is 6.50. The van der Waals surface area contributed by atoms with Crippen molar-refractivity contribution in [2.45, 2.75) is 33.2 Å². The average Bonchev–Trinajstić information content (AvgIpc) is 2.74. The summed E-state index contributed by atoms with van der Waals surface area (Å²) >= 11 is 0. The van der Waals surface area contributed by atoms with Crippen LogP contribution in [0.1, 0.15) is 36.2 Å². The summed E-state index contributed by atoms with van der Waals surface area (Å²) in [4.78, 5) is 36.1. The molecule has 1 aliphatic rings. The number of nitrogens with zero attached hydrogens (tertiary/aromatic N) is 2. The van der Waals surface area contributed by atoms with Crippen molar-refractivity contribution >= 4 is 22.6 Å². The molecule has 0 unspecified atom stereocenters. The van der Waals surface area contributed by atoms with Crippen molar-refractivity contribution in [1.82, 2.24) is 4.57 Å². The summed E-state index contributed by atoms with van der Waals surface area (Å²) in [6.07, 6.45) is 3.30. The van der Waals surface area contributed by atoms with E-state index >= 15 is 0 Å². The van der Waals surface area contributed by atoms with Crippen molar-refractivity contribution in [3.63, 3.8) is 0 Å². The zero-order chi connectivity index (χ0) is 22.5. The van der Waals surface area contributed by atoms with Gasteiger partial charge in [-0.1, -0.05) is 0 Å². The van der Waals surface area contributed by atoms with Gasteiger partial charge in [-0.25, -0.2) is 4.79 Å². The number of aromatic nitrogens is 1. The zero-order valence-corrected chi connectivity index (χ0v) is 17.5. The summed E-state index contributed by atoms with van der Waals surface area (Å²) in [5.74, 6) is -1.18. The first-order chi connectivity index (χ1) is 14.4. The molecule has 0 aliphatic carbocycles. The van der Waals surface area contributed by atoms with Crippen LogP contribution in [0.15, 0.2) is 28.5 Å². The molecule has 1 aromatic carbocycles. The molecule has 1 aromatic heterocycles. The fourth-order valence-corrected chi connectivity index (χ4v) is 3.10. The van der Waals surface area contributed by atoms with Gasteiger partial charge in [-0.3, -0.25) is 4.79 Å². The van der Waals surface area contributed by atoms with E-state index in [9.17, 15) is 14.7 Å². The van der Waals surface area contributed by atoms with Gasteiger partial charge in [0.1, 0.15) is 12.7 Å². The molecule has 166 valence electrons. The third-order valence-electron chi connectivity index (χ3n) is 4.18. The van der Waals surface area contributed by atoms with Gasteiger partial charge in [-0.05, 0) is 44.4 Å². The predicted molar refractivity (Wildman–Crippen MR) is 114 cm³/mol. The predicted octanol–water partition coefficient (Wildman–Crippen LogP) is 2.41. The van der Waals surface area contributed by atoms with E-state index in [1.54, 1.807) is 13.0 Å². The summed E-state index contributed by atoms with van der Waals surface area (Å²) in [6, 6.07) is 3.80. The van der Waals surface area contributed by atoms with E-state index in [0.29, 0.717) is 25.1 Å². The minimum absolute atomic E-state index is 0.170. The molecule has 0 amide bonds. The minimum atomic E-state index is -1.18. The molecule has 1 aliphatic heterocycles. The van der Waals surface area contributed by atoms with E-state index in [0.717, 1.165) is 36.2 Å². The highest BCUT2D eigenvalue weighted by atomic mass is 16.7. The number of aryl methyl sites for hydroxylation is 2. The van der Waals surface area contributed by atoms with Crippen molar-refractivity contribution < 1.29 is 24.6 Å². The number of hydrogen-bond donors (Lipinski definition) is 3. The SMILES string of the molecule is CCO.CCOCCNc1cc2c3c(c1)c(=O)c(C(=O)O)cn3CCC2.CON=O. The Bertz CT molecular complexity index is 896. The second-order valence-corrected chi connectivity index (χ2v) is 6.20. The van der Waals surface area contributed by atoms with E-state index in [2.05, 4.69) is 10.2 Å². The second kappa shape index (κ2) is 13.3. The molecule has 3 N–H and O–H groups in total. The fraction of sp³-hybridized carbons (Fsp3) is 0.500. The van der Waals surface area contributed by atoms with Crippen LogP contribution in [-0.4, -0.2) is 54.2 Å². The Labute approximate surface area is 174 Å². The Balaban J connectivity index is 0.000000564. The Hall–Kier alpha value is -2.98. The highest BCUT2D eigenvalue weighted by Gasteiger charge is 2.19. The van der Waals surface area contributed by atoms with Crippen molar-refractivity contribution in [3.8, 4) is 0 Å². The lowest BCUT2D eigenvalue weighted by molar-refractivity contribution is 0.0694. The monoisotopic (exact) mass is 423 g/mol. The number of carbonyl (C=O) groups is 1. The van der Waals surface area contributed by atoms with Crippen LogP contribution in [0.4, 0.5) is 5.69 Å². The topological polar surface area (TPSA) is 139 Å². The first-order valence-electron chi connectivity index (χ1n) is 9.66. The van der Waals surface area contributed by atoms with Gasteiger partial charge in [0.2, 0.25) is 5.43 Å². The van der Waals surface area contributed by atoms with Crippen LogP contribution in [0, 0.1) is 4.91 Å². The first-order valence-corrected chi connectivity index (χ1v) is 9.66. The van der Waals surface area contributed by atoms with Crippen molar-refractivity contribution in [2.24, 2.45) is 5.34 Å². The van der Waals surface area contributed by atoms with Gasteiger partial charge in [0.25, 0.3) is 0 Å². The van der Waals surface area contributed by atoms with E-state index in [4.69, 9.17) is 14.8 Å². The molecule has 0 atom stereocenters. The number of nitrogens with one attached hydrogen (secondary N) is 1. The number of benzene rings is 1. The Morgan fingerprint density at radius 2 is 2.00 bits per heavy atom. The number of pyridine rings is 1. The van der Waals surface area contributed by atoms with Gasteiger partial charge in [-0.2, -0.15) is 0 Å². The Morgan fingerprint density at radius 1 is 1.33 bits per heavy atom. The maximum atomic E-state index is 12.5. The molecule has 0 saturated heterocycles. The van der Waals surface area contributed by atoms with Gasteiger partial charge >= 0.3 is 5.97 Å². The van der Waals surface area contributed by atoms with Gasteiger partial charge in [0.15, 0.2) is 5.34 Å². The van der Waals surface area contributed by atoms with Gasteiger partial charge in [-0.15, -0.1) is 4.91 Å². The van der Waals surface area contributed by atoms with E-state index in [-0.39, 0.29) is 12.2 Å². The third kappa shape index (κ3) is 6.82. The number of aliphatic hydroxyl groups is 1. The zero-order valence-electron chi connectivity index (χ0n) is 17.5. The largest absolute Gasteiger partial charge is 0.477 e. The number of ether oxygens (including phenoxy) is 1. The average molecular weight is 423 g/mol. The molecule has 2 aromatic rings. The number of carboxylic acid groups (broad SMARTS) is 1. The van der Waals surface area contributed by atoms with Gasteiger partial charge in [0, 0.05) is 43.6 Å². The minimum Gasteiger partial charge on any atom is -0.477 e. The number of aromatic carboxylic acids is 1. The van der Waals surface area contributed by atoms with Crippen molar-refractivity contribution in [2.75, 3.05) is 38.8 Å². The molecule has 30 heavy (non-hydrogen) atoms. The van der Waals surface area contributed by atoms with Crippen molar-refractivity contribution in [3.05, 3.63) is 44.6 Å². The van der Waals surface area contributed by atoms with Crippen LogP contribution >= 0.6 is 0 Å². The lowest BCUT2D eigenvalue weighted by atomic mass is 9.98. The second-order valence-electron chi connectivity index (χ2n) is 6.20. The van der Waals surface area contributed by atoms with Crippen LogP contribution in [0.5, 0.6) is 0 Å². The van der Waals surface area contributed by atoms with E-state index in [1.165, 1.54) is 13.3 Å². The molecule has 10 nitrogen and oxygen atoms in total. The molecule has 0 fully saturated rings. The Kier molecular flexibility index (Phi) is 11.1. The van der Waals surface area contributed by atoms with E-state index < -0.39 is 11.4 Å². The summed E-state index contributed by atoms with van der Waals surface area (Å²) in [5, 5.41) is 22.5. The normalized spacial score (nSPS) is 11.5. The molecule has 2 heterocycles. The number of anilines is 1. The number of hydrogen-bond acceptors (Lipinski definition) is 8. The van der Waals surface area contributed by atoms with Crippen molar-refractivity contribution in [1.29, 1.82) is 0 Å². The third-order valence-corrected chi connectivity index (χ3v) is 4.18. The molecule has 0 bridgehead atoms. The highest BCUT2D eigenvalue weighted by Crippen LogP contribution is 2.27.